The van der Waals surface area contributed by atoms with E-state index in [1.54, 1.807) is 6.20 Å². The molecule has 5 N–H and O–H groups in total. The first-order chi connectivity index (χ1) is 13.2. The number of aromatic nitrogens is 2. The molecule has 0 amide bonds. The van der Waals surface area contributed by atoms with Gasteiger partial charge in [0.1, 0.15) is 17.4 Å². The molecule has 2 saturated heterocycles. The first-order valence-corrected chi connectivity index (χ1v) is 9.70. The topological polar surface area (TPSA) is 91.1 Å². The van der Waals surface area contributed by atoms with Crippen molar-refractivity contribution in [1.29, 1.82) is 0 Å². The lowest BCUT2D eigenvalue weighted by atomic mass is 10.1. The Morgan fingerprint density at radius 3 is 2.81 bits per heavy atom. The number of imidazole rings is 1. The number of H-pyrrole nitrogens is 1. The summed E-state index contributed by atoms with van der Waals surface area (Å²) in [4.78, 5) is 12.3. The zero-order valence-corrected chi connectivity index (χ0v) is 16.1. The summed E-state index contributed by atoms with van der Waals surface area (Å²) < 4.78 is 0. The molecule has 6 heteroatoms. The predicted molar refractivity (Wildman–Crippen MR) is 109 cm³/mol. The number of amidine groups is 1. The molecule has 0 bridgehead atoms. The van der Waals surface area contributed by atoms with E-state index in [9.17, 15) is 0 Å². The maximum Gasteiger partial charge on any atom is 0.124 e. The van der Waals surface area contributed by atoms with E-state index in [0.717, 1.165) is 49.4 Å². The van der Waals surface area contributed by atoms with Crippen LogP contribution in [0.2, 0.25) is 0 Å². The number of nitrogens with zero attached hydrogens (tertiary/aromatic N) is 2. The Hall–Kier alpha value is -2.54. The van der Waals surface area contributed by atoms with Gasteiger partial charge in [-0.05, 0) is 70.4 Å². The highest BCUT2D eigenvalue weighted by molar-refractivity contribution is 5.86. The van der Waals surface area contributed by atoms with E-state index in [2.05, 4.69) is 49.3 Å². The van der Waals surface area contributed by atoms with Gasteiger partial charge in [-0.25, -0.2) is 4.98 Å². The molecule has 3 heterocycles. The van der Waals surface area contributed by atoms with Crippen LogP contribution in [0.4, 0.5) is 0 Å². The molecule has 0 radical (unpaired) electrons. The number of allylic oxidation sites excluding steroid dienone is 1. The zero-order valence-electron chi connectivity index (χ0n) is 16.1. The number of hydrogen-bond donors (Lipinski definition) is 4. The second-order valence-electron chi connectivity index (χ2n) is 6.95. The van der Waals surface area contributed by atoms with Crippen molar-refractivity contribution >= 4 is 5.84 Å². The van der Waals surface area contributed by atoms with Crippen molar-refractivity contribution in [1.82, 2.24) is 20.6 Å². The molecular formula is C21H28N6. The molecule has 6 nitrogen and oxygen atoms in total. The van der Waals surface area contributed by atoms with Gasteiger partial charge >= 0.3 is 0 Å². The molecule has 2 aliphatic heterocycles. The third-order valence-electron chi connectivity index (χ3n) is 4.97. The van der Waals surface area contributed by atoms with Crippen molar-refractivity contribution in [3.8, 4) is 23.7 Å². The summed E-state index contributed by atoms with van der Waals surface area (Å²) in [5.41, 5.74) is 7.84. The van der Waals surface area contributed by atoms with E-state index in [0.29, 0.717) is 11.9 Å². The predicted octanol–water partition coefficient (Wildman–Crippen LogP) is 1.63. The quantitative estimate of drug-likeness (QED) is 0.371. The molecular weight excluding hydrogens is 336 g/mol. The van der Waals surface area contributed by atoms with Crippen LogP contribution in [0, 0.1) is 23.7 Å². The fourth-order valence-electron chi connectivity index (χ4n) is 3.44. The third-order valence-corrected chi connectivity index (χ3v) is 4.97. The molecule has 27 heavy (non-hydrogen) atoms. The molecule has 0 saturated carbocycles. The van der Waals surface area contributed by atoms with Crippen LogP contribution < -0.4 is 16.4 Å². The van der Waals surface area contributed by atoms with Crippen molar-refractivity contribution in [3.05, 3.63) is 29.4 Å². The highest BCUT2D eigenvalue weighted by Crippen LogP contribution is 2.19. The number of aromatic amines is 1. The van der Waals surface area contributed by atoms with Gasteiger partial charge in [0.15, 0.2) is 0 Å². The summed E-state index contributed by atoms with van der Waals surface area (Å²) in [6.07, 6.45) is 8.23. The summed E-state index contributed by atoms with van der Waals surface area (Å²) in [6.45, 7) is 6.03. The number of rotatable bonds is 4. The van der Waals surface area contributed by atoms with E-state index < -0.39 is 0 Å². The second kappa shape index (κ2) is 9.41. The Bertz CT molecular complexity index is 814. The summed E-state index contributed by atoms with van der Waals surface area (Å²) in [6, 6.07) is 0.445. The van der Waals surface area contributed by atoms with Gasteiger partial charge in [0, 0.05) is 5.57 Å². The third kappa shape index (κ3) is 5.23. The Kier molecular flexibility index (Phi) is 6.70. The van der Waals surface area contributed by atoms with Gasteiger partial charge in [-0.2, -0.15) is 0 Å². The molecule has 2 fully saturated rings. The summed E-state index contributed by atoms with van der Waals surface area (Å²) in [5, 5.41) is 6.78. The second-order valence-corrected chi connectivity index (χ2v) is 6.95. The Morgan fingerprint density at radius 2 is 2.11 bits per heavy atom. The van der Waals surface area contributed by atoms with E-state index >= 15 is 0 Å². The lowest BCUT2D eigenvalue weighted by Gasteiger charge is -2.12. The van der Waals surface area contributed by atoms with Crippen LogP contribution in [0.25, 0.3) is 0 Å². The monoisotopic (exact) mass is 364 g/mol. The minimum atomic E-state index is -0.0705. The fourth-order valence-corrected chi connectivity index (χ4v) is 3.44. The van der Waals surface area contributed by atoms with Crippen LogP contribution in [0.1, 0.15) is 57.1 Å². The summed E-state index contributed by atoms with van der Waals surface area (Å²) in [5.74, 6) is 13.6. The number of hydrogen-bond acceptors (Lipinski definition) is 4. The van der Waals surface area contributed by atoms with Crippen molar-refractivity contribution < 1.29 is 0 Å². The van der Waals surface area contributed by atoms with Crippen LogP contribution in [-0.2, 0) is 0 Å². The highest BCUT2D eigenvalue weighted by atomic mass is 15.0. The van der Waals surface area contributed by atoms with Crippen molar-refractivity contribution in [2.45, 2.75) is 57.7 Å². The number of aliphatic imine (C=N–C) groups is 1. The standard InChI is InChI=1S/C21H28N6/c1-3-16(15(2)26-20(22)18-10-6-12-23-18)8-4-5-9-17-14-25-21(27-17)19-11-7-13-24-19/h3,14-15,18-19,23-24H,6-7,10-13H2,1-2H3,(H2,22,26)(H,25,27)/b16-3-/t15?,18-,19-/m0/s1. The Balaban J connectivity index is 1.60. The molecule has 1 unspecified atom stereocenters. The lowest BCUT2D eigenvalue weighted by Crippen LogP contribution is -2.37. The maximum absolute atomic E-state index is 6.13. The Morgan fingerprint density at radius 1 is 1.30 bits per heavy atom. The van der Waals surface area contributed by atoms with Crippen LogP contribution in [-0.4, -0.2) is 41.0 Å². The van der Waals surface area contributed by atoms with Crippen LogP contribution >= 0.6 is 0 Å². The fraction of sp³-hybridized carbons (Fsp3) is 0.524. The molecule has 3 atom stereocenters. The van der Waals surface area contributed by atoms with Gasteiger partial charge in [-0.1, -0.05) is 12.0 Å². The molecule has 0 spiro atoms. The average molecular weight is 364 g/mol. The molecule has 142 valence electrons. The first kappa shape index (κ1) is 19.2. The first-order valence-electron chi connectivity index (χ1n) is 9.70. The van der Waals surface area contributed by atoms with Gasteiger partial charge in [-0.15, -0.1) is 0 Å². The van der Waals surface area contributed by atoms with Gasteiger partial charge in [0.05, 0.1) is 24.3 Å². The maximum atomic E-state index is 6.13. The summed E-state index contributed by atoms with van der Waals surface area (Å²) >= 11 is 0. The van der Waals surface area contributed by atoms with Gasteiger partial charge in [0.2, 0.25) is 0 Å². The van der Waals surface area contributed by atoms with E-state index in [1.807, 2.05) is 19.9 Å². The van der Waals surface area contributed by atoms with E-state index in [1.165, 1.54) is 6.42 Å². The highest BCUT2D eigenvalue weighted by Gasteiger charge is 2.19. The van der Waals surface area contributed by atoms with Crippen molar-refractivity contribution in [2.24, 2.45) is 10.7 Å². The lowest BCUT2D eigenvalue weighted by molar-refractivity contribution is 0.612. The van der Waals surface area contributed by atoms with Crippen molar-refractivity contribution in [2.75, 3.05) is 13.1 Å². The van der Waals surface area contributed by atoms with Gasteiger partial charge < -0.3 is 21.4 Å². The largest absolute Gasteiger partial charge is 0.386 e. The van der Waals surface area contributed by atoms with Crippen LogP contribution in [0.15, 0.2) is 22.8 Å². The zero-order chi connectivity index (χ0) is 19.1. The van der Waals surface area contributed by atoms with Crippen molar-refractivity contribution in [3.63, 3.8) is 0 Å². The normalized spacial score (nSPS) is 24.1. The minimum absolute atomic E-state index is 0.0705. The van der Waals surface area contributed by atoms with Crippen LogP contribution in [0.5, 0.6) is 0 Å². The molecule has 1 aromatic heterocycles. The average Bonchev–Trinajstić information content (AvgIpc) is 3.43. The molecule has 0 aliphatic carbocycles. The molecule has 0 aromatic carbocycles. The number of nitrogens with two attached hydrogens (primary N) is 1. The molecule has 3 rings (SSSR count). The van der Waals surface area contributed by atoms with Gasteiger partial charge in [0.25, 0.3) is 0 Å². The smallest absolute Gasteiger partial charge is 0.124 e. The SMILES string of the molecule is C/C=C(/C#CC#Cc1cnc([C@@H]2CCCN2)[nH]1)C(C)N=C(N)[C@@H]1CCCN1. The van der Waals surface area contributed by atoms with E-state index in [-0.39, 0.29) is 12.1 Å². The Labute approximate surface area is 161 Å². The van der Waals surface area contributed by atoms with E-state index in [4.69, 9.17) is 5.73 Å². The molecule has 1 aromatic rings. The van der Waals surface area contributed by atoms with Gasteiger partial charge in [-0.3, -0.25) is 4.99 Å². The number of nitrogens with one attached hydrogen (secondary N) is 3. The minimum Gasteiger partial charge on any atom is -0.386 e. The molecule has 2 aliphatic rings. The summed E-state index contributed by atoms with van der Waals surface area (Å²) in [7, 11) is 0. The van der Waals surface area contributed by atoms with Crippen LogP contribution in [0.3, 0.4) is 0 Å².